The quantitative estimate of drug-likeness (QED) is 0.921. The highest BCUT2D eigenvalue weighted by atomic mass is 32.2. The van der Waals surface area contributed by atoms with E-state index in [9.17, 15) is 5.11 Å². The first kappa shape index (κ1) is 14.4. The van der Waals surface area contributed by atoms with E-state index in [0.717, 1.165) is 56.4 Å². The normalized spacial score (nSPS) is 26.0. The van der Waals surface area contributed by atoms with E-state index in [4.69, 9.17) is 9.47 Å². The topological polar surface area (TPSA) is 56.5 Å². The van der Waals surface area contributed by atoms with Crippen LogP contribution in [0.5, 0.6) is 0 Å². The first-order valence-corrected chi connectivity index (χ1v) is 8.10. The molecule has 3 heterocycles. The van der Waals surface area contributed by atoms with Gasteiger partial charge in [0.2, 0.25) is 0 Å². The lowest BCUT2D eigenvalue weighted by molar-refractivity contribution is -0.131. The van der Waals surface area contributed by atoms with Gasteiger partial charge in [-0.2, -0.15) is 0 Å². The Morgan fingerprint density at radius 3 is 2.95 bits per heavy atom. The number of aliphatic hydroxyl groups excluding tert-OH is 1. The standard InChI is InChI=1S/C14H22N2O3S/c1-16-11(10-17)9-15-13(16)20-12-2-5-19-14(8-12)3-6-18-7-4-14/h9,12,17H,2-8,10H2,1H3. The molecule has 1 aromatic rings. The van der Waals surface area contributed by atoms with Gasteiger partial charge in [0.1, 0.15) is 0 Å². The lowest BCUT2D eigenvalue weighted by atomic mass is 9.86. The maximum Gasteiger partial charge on any atom is 0.168 e. The van der Waals surface area contributed by atoms with Gasteiger partial charge in [0.25, 0.3) is 0 Å². The average Bonchev–Trinajstić information content (AvgIpc) is 2.80. The molecule has 0 aromatic carbocycles. The number of nitrogens with zero attached hydrogens (tertiary/aromatic N) is 2. The summed E-state index contributed by atoms with van der Waals surface area (Å²) in [6, 6.07) is 0. The van der Waals surface area contributed by atoms with Crippen LogP contribution in [0.15, 0.2) is 11.4 Å². The van der Waals surface area contributed by atoms with Crippen molar-refractivity contribution in [3.8, 4) is 0 Å². The average molecular weight is 298 g/mol. The number of ether oxygens (including phenoxy) is 2. The van der Waals surface area contributed by atoms with Gasteiger partial charge in [-0.3, -0.25) is 0 Å². The molecule has 3 rings (SSSR count). The number of rotatable bonds is 3. The molecule has 2 fully saturated rings. The van der Waals surface area contributed by atoms with Gasteiger partial charge in [-0.15, -0.1) is 0 Å². The van der Waals surface area contributed by atoms with Gasteiger partial charge < -0.3 is 19.1 Å². The molecule has 1 N–H and O–H groups in total. The predicted octanol–water partition coefficient (Wildman–Crippen LogP) is 1.73. The Hall–Kier alpha value is -0.560. The number of hydrogen-bond donors (Lipinski definition) is 1. The number of hydrogen-bond acceptors (Lipinski definition) is 5. The van der Waals surface area contributed by atoms with Crippen LogP contribution in [-0.4, -0.2) is 45.3 Å². The van der Waals surface area contributed by atoms with Crippen LogP contribution >= 0.6 is 11.8 Å². The molecular formula is C14H22N2O3S. The lowest BCUT2D eigenvalue weighted by Gasteiger charge is -2.43. The highest BCUT2D eigenvalue weighted by Gasteiger charge is 2.39. The van der Waals surface area contributed by atoms with Crippen LogP contribution in [0, 0.1) is 0 Å². The minimum absolute atomic E-state index is 0.0269. The lowest BCUT2D eigenvalue weighted by Crippen LogP contribution is -2.45. The van der Waals surface area contributed by atoms with E-state index in [-0.39, 0.29) is 12.2 Å². The molecule has 0 radical (unpaired) electrons. The Balaban J connectivity index is 1.66. The molecule has 6 heteroatoms. The van der Waals surface area contributed by atoms with Gasteiger partial charge in [0, 0.05) is 32.1 Å². The SMILES string of the molecule is Cn1c(CO)cnc1SC1CCOC2(CCOCC2)C1. The second-order valence-corrected chi connectivity index (χ2v) is 6.89. The summed E-state index contributed by atoms with van der Waals surface area (Å²) in [7, 11) is 1.96. The molecule has 2 aliphatic rings. The zero-order valence-electron chi connectivity index (χ0n) is 11.9. The van der Waals surface area contributed by atoms with Gasteiger partial charge in [-0.1, -0.05) is 11.8 Å². The monoisotopic (exact) mass is 298 g/mol. The fourth-order valence-corrected chi connectivity index (χ4v) is 4.29. The van der Waals surface area contributed by atoms with Gasteiger partial charge in [0.15, 0.2) is 5.16 Å². The molecule has 5 nitrogen and oxygen atoms in total. The van der Waals surface area contributed by atoms with Crippen molar-refractivity contribution in [2.24, 2.45) is 7.05 Å². The number of thioether (sulfide) groups is 1. The van der Waals surface area contributed by atoms with E-state index in [0.29, 0.717) is 5.25 Å². The van der Waals surface area contributed by atoms with Crippen molar-refractivity contribution in [3.05, 3.63) is 11.9 Å². The third-order valence-electron chi connectivity index (χ3n) is 4.33. The van der Waals surface area contributed by atoms with Crippen molar-refractivity contribution in [1.29, 1.82) is 0 Å². The highest BCUT2D eigenvalue weighted by Crippen LogP contribution is 2.40. The van der Waals surface area contributed by atoms with E-state index in [1.807, 2.05) is 23.4 Å². The Bertz CT molecular complexity index is 452. The van der Waals surface area contributed by atoms with E-state index in [1.54, 1.807) is 6.20 Å². The molecule has 2 aliphatic heterocycles. The third-order valence-corrected chi connectivity index (χ3v) is 5.65. The smallest absolute Gasteiger partial charge is 0.168 e. The van der Waals surface area contributed by atoms with Crippen LogP contribution in [0.4, 0.5) is 0 Å². The molecule has 0 bridgehead atoms. The molecule has 2 saturated heterocycles. The minimum Gasteiger partial charge on any atom is -0.390 e. The second kappa shape index (κ2) is 6.05. The summed E-state index contributed by atoms with van der Waals surface area (Å²) < 4.78 is 13.5. The number of aliphatic hydroxyl groups is 1. The molecule has 1 spiro atoms. The van der Waals surface area contributed by atoms with Crippen LogP contribution in [0.2, 0.25) is 0 Å². The Morgan fingerprint density at radius 2 is 2.25 bits per heavy atom. The van der Waals surface area contributed by atoms with Crippen molar-refractivity contribution in [1.82, 2.24) is 9.55 Å². The Kier molecular flexibility index (Phi) is 4.35. The molecule has 0 aliphatic carbocycles. The van der Waals surface area contributed by atoms with E-state index >= 15 is 0 Å². The summed E-state index contributed by atoms with van der Waals surface area (Å²) >= 11 is 1.81. The highest BCUT2D eigenvalue weighted by molar-refractivity contribution is 7.99. The fraction of sp³-hybridized carbons (Fsp3) is 0.786. The molecule has 112 valence electrons. The van der Waals surface area contributed by atoms with Crippen molar-refractivity contribution in [3.63, 3.8) is 0 Å². The zero-order valence-corrected chi connectivity index (χ0v) is 12.7. The van der Waals surface area contributed by atoms with Crippen LogP contribution < -0.4 is 0 Å². The maximum absolute atomic E-state index is 9.23. The van der Waals surface area contributed by atoms with Gasteiger partial charge in [-0.05, 0) is 25.7 Å². The van der Waals surface area contributed by atoms with Gasteiger partial charge in [-0.25, -0.2) is 4.98 Å². The minimum atomic E-state index is 0.0269. The van der Waals surface area contributed by atoms with Crippen molar-refractivity contribution in [2.45, 2.75) is 48.3 Å². The Labute approximate surface area is 123 Å². The largest absolute Gasteiger partial charge is 0.390 e. The van der Waals surface area contributed by atoms with E-state index in [1.165, 1.54) is 0 Å². The third kappa shape index (κ3) is 2.88. The number of imidazole rings is 1. The summed E-state index contributed by atoms with van der Waals surface area (Å²) in [6.07, 6.45) is 5.90. The summed E-state index contributed by atoms with van der Waals surface area (Å²) in [5.74, 6) is 0. The van der Waals surface area contributed by atoms with Crippen LogP contribution in [-0.2, 0) is 23.1 Å². The first-order valence-electron chi connectivity index (χ1n) is 7.22. The summed E-state index contributed by atoms with van der Waals surface area (Å²) in [4.78, 5) is 4.41. The summed E-state index contributed by atoms with van der Waals surface area (Å²) in [6.45, 7) is 2.50. The maximum atomic E-state index is 9.23. The molecule has 1 unspecified atom stereocenters. The number of aromatic nitrogens is 2. The first-order chi connectivity index (χ1) is 9.72. The molecule has 1 aromatic heterocycles. The van der Waals surface area contributed by atoms with Gasteiger partial charge >= 0.3 is 0 Å². The molecular weight excluding hydrogens is 276 g/mol. The van der Waals surface area contributed by atoms with Crippen molar-refractivity contribution >= 4 is 11.8 Å². The zero-order chi connectivity index (χ0) is 14.0. The van der Waals surface area contributed by atoms with Crippen LogP contribution in [0.1, 0.15) is 31.4 Å². The fourth-order valence-electron chi connectivity index (χ4n) is 3.01. The summed E-state index contributed by atoms with van der Waals surface area (Å²) in [5.41, 5.74) is 0.888. The Morgan fingerprint density at radius 1 is 1.45 bits per heavy atom. The van der Waals surface area contributed by atoms with E-state index in [2.05, 4.69) is 4.98 Å². The van der Waals surface area contributed by atoms with Crippen LogP contribution in [0.25, 0.3) is 0 Å². The molecule has 0 saturated carbocycles. The predicted molar refractivity (Wildman–Crippen MR) is 76.7 cm³/mol. The molecule has 20 heavy (non-hydrogen) atoms. The molecule has 0 amide bonds. The van der Waals surface area contributed by atoms with E-state index < -0.39 is 0 Å². The summed E-state index contributed by atoms with van der Waals surface area (Å²) in [5, 5.41) is 10.8. The van der Waals surface area contributed by atoms with Gasteiger partial charge in [0.05, 0.1) is 24.1 Å². The molecule has 1 atom stereocenters. The van der Waals surface area contributed by atoms with Crippen molar-refractivity contribution < 1.29 is 14.6 Å². The van der Waals surface area contributed by atoms with Crippen molar-refractivity contribution in [2.75, 3.05) is 19.8 Å². The van der Waals surface area contributed by atoms with Crippen LogP contribution in [0.3, 0.4) is 0 Å². The second-order valence-electron chi connectivity index (χ2n) is 5.63.